The maximum absolute atomic E-state index is 12.2. The summed E-state index contributed by atoms with van der Waals surface area (Å²) in [7, 11) is 3.10. The van der Waals surface area contributed by atoms with Gasteiger partial charge in [0.2, 0.25) is 5.91 Å². The number of thiophene rings is 1. The van der Waals surface area contributed by atoms with E-state index in [1.165, 1.54) is 18.3 Å². The largest absolute Gasteiger partial charge is 0.497 e. The molecule has 0 aliphatic carbocycles. The van der Waals surface area contributed by atoms with Crippen LogP contribution in [-0.2, 0) is 19.1 Å². The van der Waals surface area contributed by atoms with E-state index in [0.29, 0.717) is 11.5 Å². The van der Waals surface area contributed by atoms with Crippen LogP contribution in [0.5, 0.6) is 11.5 Å². The lowest BCUT2D eigenvalue weighted by Gasteiger charge is -2.19. The summed E-state index contributed by atoms with van der Waals surface area (Å²) in [6.45, 7) is 2.75. The molecule has 2 rings (SSSR count). The number of methoxy groups -OCH3 is 2. The minimum Gasteiger partial charge on any atom is -0.497 e. The van der Waals surface area contributed by atoms with Crippen molar-refractivity contribution in [2.45, 2.75) is 32.4 Å². The predicted molar refractivity (Wildman–Crippen MR) is 113 cm³/mol. The van der Waals surface area contributed by atoms with Crippen LogP contribution in [0.25, 0.3) is 0 Å². The highest BCUT2D eigenvalue weighted by molar-refractivity contribution is 7.10. The van der Waals surface area contributed by atoms with Crippen LogP contribution in [0.1, 0.15) is 42.8 Å². The van der Waals surface area contributed by atoms with Crippen LogP contribution in [0.3, 0.4) is 0 Å². The summed E-state index contributed by atoms with van der Waals surface area (Å²) in [4.78, 5) is 36.7. The number of rotatable bonds is 10. The monoisotopic (exact) mass is 434 g/mol. The second-order valence-corrected chi connectivity index (χ2v) is 7.51. The van der Waals surface area contributed by atoms with Gasteiger partial charge in [0.1, 0.15) is 11.5 Å². The minimum absolute atomic E-state index is 0.0629. The molecule has 2 aromatic rings. The van der Waals surface area contributed by atoms with Gasteiger partial charge in [0, 0.05) is 17.4 Å². The maximum Gasteiger partial charge on any atom is 0.308 e. The Morgan fingerprint density at radius 1 is 1.10 bits per heavy atom. The van der Waals surface area contributed by atoms with E-state index in [1.807, 2.05) is 17.5 Å². The van der Waals surface area contributed by atoms with Crippen molar-refractivity contribution in [2.24, 2.45) is 0 Å². The van der Waals surface area contributed by atoms with Gasteiger partial charge in [0.25, 0.3) is 5.91 Å². The van der Waals surface area contributed by atoms with Crippen molar-refractivity contribution in [2.75, 3.05) is 20.8 Å². The van der Waals surface area contributed by atoms with E-state index >= 15 is 0 Å². The van der Waals surface area contributed by atoms with Crippen molar-refractivity contribution in [1.82, 2.24) is 10.6 Å². The van der Waals surface area contributed by atoms with Crippen LogP contribution < -0.4 is 20.1 Å². The molecule has 1 aromatic heterocycles. The van der Waals surface area contributed by atoms with E-state index in [1.54, 1.807) is 39.3 Å². The fraction of sp³-hybridized carbons (Fsp3) is 0.381. The van der Waals surface area contributed by atoms with Gasteiger partial charge in [0.15, 0.2) is 6.61 Å². The van der Waals surface area contributed by atoms with Crippen molar-refractivity contribution < 1.29 is 28.6 Å². The summed E-state index contributed by atoms with van der Waals surface area (Å²) in [5.74, 6) is -0.0394. The molecule has 2 unspecified atom stereocenters. The number of esters is 1. The van der Waals surface area contributed by atoms with Crippen LogP contribution in [0.15, 0.2) is 35.7 Å². The second-order valence-electron chi connectivity index (χ2n) is 6.53. The number of benzene rings is 1. The van der Waals surface area contributed by atoms with E-state index in [4.69, 9.17) is 14.2 Å². The Kier molecular flexibility index (Phi) is 8.67. The number of amides is 2. The topological polar surface area (TPSA) is 103 Å². The van der Waals surface area contributed by atoms with E-state index in [0.717, 1.165) is 10.4 Å². The van der Waals surface area contributed by atoms with Gasteiger partial charge in [-0.1, -0.05) is 6.07 Å². The Balaban J connectivity index is 1.90. The fourth-order valence-electron chi connectivity index (χ4n) is 2.87. The SMILES string of the molecule is COc1ccc(OC)c(C(C)NC(=O)COC(=O)CC(NC(C)=O)c2cccs2)c1. The van der Waals surface area contributed by atoms with Gasteiger partial charge in [-0.05, 0) is 36.6 Å². The molecule has 2 atom stereocenters. The maximum atomic E-state index is 12.2. The quantitative estimate of drug-likeness (QED) is 0.558. The van der Waals surface area contributed by atoms with E-state index < -0.39 is 24.5 Å². The van der Waals surface area contributed by atoms with Crippen LogP contribution >= 0.6 is 11.3 Å². The van der Waals surface area contributed by atoms with Crippen molar-refractivity contribution in [1.29, 1.82) is 0 Å². The van der Waals surface area contributed by atoms with E-state index in [-0.39, 0.29) is 18.4 Å². The molecule has 0 aliphatic rings. The van der Waals surface area contributed by atoms with Gasteiger partial charge in [-0.2, -0.15) is 0 Å². The van der Waals surface area contributed by atoms with Gasteiger partial charge in [0.05, 0.1) is 32.7 Å². The molecule has 2 N–H and O–H groups in total. The molecule has 30 heavy (non-hydrogen) atoms. The Labute approximate surface area is 179 Å². The predicted octanol–water partition coefficient (Wildman–Crippen LogP) is 2.75. The molecule has 0 saturated heterocycles. The molecule has 162 valence electrons. The molecule has 0 radical (unpaired) electrons. The molecule has 0 bridgehead atoms. The first-order valence-electron chi connectivity index (χ1n) is 9.31. The highest BCUT2D eigenvalue weighted by Crippen LogP contribution is 2.29. The average Bonchev–Trinajstić information content (AvgIpc) is 3.25. The lowest BCUT2D eigenvalue weighted by molar-refractivity contribution is -0.149. The number of hydrogen-bond acceptors (Lipinski definition) is 7. The molecular weight excluding hydrogens is 408 g/mol. The minimum atomic E-state index is -0.580. The zero-order valence-electron chi connectivity index (χ0n) is 17.4. The first-order valence-corrected chi connectivity index (χ1v) is 10.2. The van der Waals surface area contributed by atoms with Crippen LogP contribution in [0, 0.1) is 0 Å². The van der Waals surface area contributed by atoms with E-state index in [9.17, 15) is 14.4 Å². The Morgan fingerprint density at radius 2 is 1.87 bits per heavy atom. The molecule has 0 spiro atoms. The van der Waals surface area contributed by atoms with Crippen LogP contribution in [0.2, 0.25) is 0 Å². The van der Waals surface area contributed by atoms with Crippen LogP contribution in [-0.4, -0.2) is 38.6 Å². The summed E-state index contributed by atoms with van der Waals surface area (Å²) in [6, 6.07) is 8.07. The summed E-state index contributed by atoms with van der Waals surface area (Å²) in [5, 5.41) is 7.35. The van der Waals surface area contributed by atoms with Crippen molar-refractivity contribution in [3.8, 4) is 11.5 Å². The smallest absolute Gasteiger partial charge is 0.308 e. The first-order chi connectivity index (χ1) is 14.3. The molecule has 1 heterocycles. The number of carbonyl (C=O) groups excluding carboxylic acids is 3. The highest BCUT2D eigenvalue weighted by Gasteiger charge is 2.21. The second kappa shape index (κ2) is 11.2. The van der Waals surface area contributed by atoms with E-state index in [2.05, 4.69) is 10.6 Å². The average molecular weight is 435 g/mol. The number of nitrogens with one attached hydrogen (secondary N) is 2. The lowest BCUT2D eigenvalue weighted by Crippen LogP contribution is -2.32. The normalized spacial score (nSPS) is 12.4. The summed E-state index contributed by atoms with van der Waals surface area (Å²) >= 11 is 1.43. The van der Waals surface area contributed by atoms with Gasteiger partial charge in [-0.25, -0.2) is 0 Å². The van der Waals surface area contributed by atoms with Gasteiger partial charge in [-0.3, -0.25) is 14.4 Å². The summed E-state index contributed by atoms with van der Waals surface area (Å²) < 4.78 is 15.6. The molecule has 0 fully saturated rings. The van der Waals surface area contributed by atoms with Crippen molar-refractivity contribution in [3.05, 3.63) is 46.2 Å². The Hall–Kier alpha value is -3.07. The molecule has 1 aromatic carbocycles. The zero-order chi connectivity index (χ0) is 22.1. The fourth-order valence-corrected chi connectivity index (χ4v) is 3.65. The van der Waals surface area contributed by atoms with Crippen LogP contribution in [0.4, 0.5) is 0 Å². The van der Waals surface area contributed by atoms with Crippen molar-refractivity contribution >= 4 is 29.1 Å². The molecule has 8 nitrogen and oxygen atoms in total. The first kappa shape index (κ1) is 23.2. The standard InChI is InChI=1S/C21H26N2O6S/c1-13(16-10-15(27-3)7-8-18(16)28-4)22-20(25)12-29-21(26)11-17(23-14(2)24)19-6-5-9-30-19/h5-10,13,17H,11-12H2,1-4H3,(H,22,25)(H,23,24). The molecular formula is C21H26N2O6S. The molecule has 0 aliphatic heterocycles. The summed E-state index contributed by atoms with van der Waals surface area (Å²) in [6.07, 6.45) is -0.0629. The molecule has 0 saturated carbocycles. The van der Waals surface area contributed by atoms with Gasteiger partial charge >= 0.3 is 5.97 Å². The van der Waals surface area contributed by atoms with Gasteiger partial charge < -0.3 is 24.8 Å². The molecule has 9 heteroatoms. The molecule has 2 amide bonds. The van der Waals surface area contributed by atoms with Gasteiger partial charge in [-0.15, -0.1) is 11.3 Å². The lowest BCUT2D eigenvalue weighted by atomic mass is 10.1. The summed E-state index contributed by atoms with van der Waals surface area (Å²) in [5.41, 5.74) is 0.736. The number of hydrogen-bond donors (Lipinski definition) is 2. The Bertz CT molecular complexity index is 868. The zero-order valence-corrected chi connectivity index (χ0v) is 18.2. The third kappa shape index (κ3) is 6.77. The third-order valence-electron chi connectivity index (χ3n) is 4.28. The number of carbonyl (C=O) groups is 3. The number of ether oxygens (including phenoxy) is 3. The van der Waals surface area contributed by atoms with Crippen molar-refractivity contribution in [3.63, 3.8) is 0 Å². The Morgan fingerprint density at radius 3 is 2.47 bits per heavy atom. The third-order valence-corrected chi connectivity index (χ3v) is 5.27. The highest BCUT2D eigenvalue weighted by atomic mass is 32.1.